The number of guanidine groups is 1. The minimum Gasteiger partial charge on any atom is -0.352 e. The van der Waals surface area contributed by atoms with Crippen LogP contribution >= 0.6 is 0 Å². The zero-order chi connectivity index (χ0) is 22.8. The van der Waals surface area contributed by atoms with Crippen molar-refractivity contribution in [2.45, 2.75) is 26.4 Å². The van der Waals surface area contributed by atoms with Gasteiger partial charge in [0.15, 0.2) is 23.4 Å². The van der Waals surface area contributed by atoms with Crippen molar-refractivity contribution in [3.05, 3.63) is 108 Å². The molecule has 0 bridgehead atoms. The minimum absolute atomic E-state index is 0.0316. The molecule has 3 nitrogen and oxygen atoms in total. The lowest BCUT2D eigenvalue weighted by atomic mass is 9.86. The summed E-state index contributed by atoms with van der Waals surface area (Å²) < 4.78 is 39.8. The molecule has 1 aliphatic heterocycles. The van der Waals surface area contributed by atoms with Crippen molar-refractivity contribution in [3.8, 4) is 0 Å². The summed E-state index contributed by atoms with van der Waals surface area (Å²) >= 11 is 0. The Kier molecular flexibility index (Phi) is 9.13. The second-order valence-electron chi connectivity index (χ2n) is 7.06. The van der Waals surface area contributed by atoms with Gasteiger partial charge in [-0.05, 0) is 37.1 Å². The predicted octanol–water partition coefficient (Wildman–Crippen LogP) is 5.83. The lowest BCUT2D eigenvalue weighted by Gasteiger charge is -2.33. The number of halogens is 3. The summed E-state index contributed by atoms with van der Waals surface area (Å²) in [6.45, 7) is 11.5. The fourth-order valence-corrected chi connectivity index (χ4v) is 3.19. The molecule has 0 spiro atoms. The van der Waals surface area contributed by atoms with Crippen LogP contribution in [0.25, 0.3) is 0 Å². The SMILES string of the molecule is C/C=C(\C)[C@@H]1CN=C(NCc2cc(F)c(F)c(F)c2)N[C@@H]1c1ccccc1.C=CC=C. The van der Waals surface area contributed by atoms with Crippen molar-refractivity contribution >= 4 is 5.96 Å². The molecule has 3 rings (SSSR count). The van der Waals surface area contributed by atoms with Crippen LogP contribution in [0.4, 0.5) is 13.2 Å². The molecule has 6 heteroatoms. The largest absolute Gasteiger partial charge is 0.352 e. The van der Waals surface area contributed by atoms with E-state index < -0.39 is 17.5 Å². The molecule has 164 valence electrons. The number of benzene rings is 2. The van der Waals surface area contributed by atoms with Crippen LogP contribution < -0.4 is 10.6 Å². The van der Waals surface area contributed by atoms with Crippen LogP contribution in [0.1, 0.15) is 31.0 Å². The van der Waals surface area contributed by atoms with Crippen LogP contribution in [-0.2, 0) is 6.54 Å². The summed E-state index contributed by atoms with van der Waals surface area (Å²) in [4.78, 5) is 4.53. The van der Waals surface area contributed by atoms with Gasteiger partial charge < -0.3 is 10.6 Å². The summed E-state index contributed by atoms with van der Waals surface area (Å²) in [7, 11) is 0. The molecule has 0 fully saturated rings. The zero-order valence-electron chi connectivity index (χ0n) is 17.8. The Labute approximate surface area is 182 Å². The van der Waals surface area contributed by atoms with Gasteiger partial charge in [0.05, 0.1) is 12.6 Å². The van der Waals surface area contributed by atoms with Gasteiger partial charge in [0.2, 0.25) is 0 Å². The van der Waals surface area contributed by atoms with Crippen molar-refractivity contribution in [2.24, 2.45) is 10.9 Å². The van der Waals surface area contributed by atoms with Crippen LogP contribution in [0.5, 0.6) is 0 Å². The lowest BCUT2D eigenvalue weighted by Crippen LogP contribution is -2.46. The molecule has 0 aromatic heterocycles. The Hall–Kier alpha value is -3.28. The molecule has 2 aromatic carbocycles. The highest BCUT2D eigenvalue weighted by molar-refractivity contribution is 5.81. The average Bonchev–Trinajstić information content (AvgIpc) is 2.81. The molecule has 1 aliphatic rings. The second-order valence-corrected chi connectivity index (χ2v) is 7.06. The molecule has 0 saturated heterocycles. The van der Waals surface area contributed by atoms with E-state index in [4.69, 9.17) is 0 Å². The molecule has 2 N–H and O–H groups in total. The molecule has 0 aliphatic carbocycles. The third-order valence-electron chi connectivity index (χ3n) is 5.01. The number of hydrogen-bond acceptors (Lipinski definition) is 3. The number of nitrogens with one attached hydrogen (secondary N) is 2. The summed E-state index contributed by atoms with van der Waals surface area (Å²) in [5.41, 5.74) is 2.68. The second kappa shape index (κ2) is 11.8. The molecular formula is C25H28F3N3. The Morgan fingerprint density at radius 1 is 1.13 bits per heavy atom. The van der Waals surface area contributed by atoms with E-state index >= 15 is 0 Å². The van der Waals surface area contributed by atoms with Crippen LogP contribution in [0.3, 0.4) is 0 Å². The molecule has 2 aromatic rings. The van der Waals surface area contributed by atoms with Gasteiger partial charge in [0.25, 0.3) is 0 Å². The Morgan fingerprint density at radius 3 is 2.29 bits per heavy atom. The maximum absolute atomic E-state index is 13.4. The first-order valence-electron chi connectivity index (χ1n) is 10.0. The van der Waals surface area contributed by atoms with Gasteiger partial charge in [-0.1, -0.05) is 67.3 Å². The van der Waals surface area contributed by atoms with E-state index in [-0.39, 0.29) is 18.5 Å². The normalized spacial score (nSPS) is 18.1. The fourth-order valence-electron chi connectivity index (χ4n) is 3.19. The predicted molar refractivity (Wildman–Crippen MR) is 121 cm³/mol. The molecule has 1 heterocycles. The van der Waals surface area contributed by atoms with Crippen molar-refractivity contribution < 1.29 is 13.2 Å². The molecule has 31 heavy (non-hydrogen) atoms. The Bertz CT molecular complexity index is 923. The summed E-state index contributed by atoms with van der Waals surface area (Å²) in [5, 5.41) is 6.44. The third-order valence-corrected chi connectivity index (χ3v) is 5.01. The van der Waals surface area contributed by atoms with Gasteiger partial charge in [0.1, 0.15) is 0 Å². The van der Waals surface area contributed by atoms with Crippen molar-refractivity contribution in [1.29, 1.82) is 0 Å². The van der Waals surface area contributed by atoms with E-state index in [0.29, 0.717) is 18.1 Å². The monoisotopic (exact) mass is 427 g/mol. The van der Waals surface area contributed by atoms with Gasteiger partial charge in [0, 0.05) is 12.5 Å². The van der Waals surface area contributed by atoms with E-state index in [1.807, 2.05) is 25.1 Å². The number of hydrogen-bond donors (Lipinski definition) is 2. The smallest absolute Gasteiger partial charge is 0.194 e. The molecule has 0 unspecified atom stereocenters. The van der Waals surface area contributed by atoms with Crippen molar-refractivity contribution in [1.82, 2.24) is 10.6 Å². The van der Waals surface area contributed by atoms with E-state index in [9.17, 15) is 13.2 Å². The number of aliphatic imine (C=N–C) groups is 1. The van der Waals surface area contributed by atoms with Gasteiger partial charge >= 0.3 is 0 Å². The topological polar surface area (TPSA) is 36.4 Å². The molecule has 0 radical (unpaired) electrons. The van der Waals surface area contributed by atoms with Crippen molar-refractivity contribution in [2.75, 3.05) is 6.54 Å². The first-order chi connectivity index (χ1) is 14.9. The standard InChI is InChI=1S/C21H22F3N3.C4H6/c1-3-13(2)16-12-26-21(27-20(16)15-7-5-4-6-8-15)25-11-14-9-17(22)19(24)18(23)10-14;1-3-4-2/h3-10,16,20H,11-12H2,1-2H3,(H2,25,26,27);3-4H,1-2H2/b13-3+;/t16-,20+;/m0./s1. The fraction of sp³-hybridized carbons (Fsp3) is 0.240. The number of rotatable bonds is 5. The summed E-state index contributed by atoms with van der Waals surface area (Å²) in [5.74, 6) is -3.09. The summed E-state index contributed by atoms with van der Waals surface area (Å²) in [6.07, 6.45) is 5.36. The quantitative estimate of drug-likeness (QED) is 0.358. The highest BCUT2D eigenvalue weighted by atomic mass is 19.2. The van der Waals surface area contributed by atoms with Gasteiger partial charge in [-0.25, -0.2) is 13.2 Å². The maximum Gasteiger partial charge on any atom is 0.194 e. The zero-order valence-corrected chi connectivity index (χ0v) is 17.8. The van der Waals surface area contributed by atoms with E-state index in [0.717, 1.165) is 17.7 Å². The molecule has 0 saturated carbocycles. The van der Waals surface area contributed by atoms with Gasteiger partial charge in [-0.3, -0.25) is 4.99 Å². The van der Waals surface area contributed by atoms with E-state index in [2.05, 4.69) is 53.9 Å². The number of nitrogens with zero attached hydrogens (tertiary/aromatic N) is 1. The molecule has 0 amide bonds. The van der Waals surface area contributed by atoms with Crippen LogP contribution in [0, 0.1) is 23.4 Å². The highest BCUT2D eigenvalue weighted by Gasteiger charge is 2.28. The van der Waals surface area contributed by atoms with Crippen LogP contribution in [-0.4, -0.2) is 12.5 Å². The first-order valence-corrected chi connectivity index (χ1v) is 10.0. The summed E-state index contributed by atoms with van der Waals surface area (Å²) in [6, 6.07) is 12.1. The minimum atomic E-state index is -1.46. The first kappa shape index (κ1) is 24.0. The Balaban J connectivity index is 0.000000785. The van der Waals surface area contributed by atoms with Crippen LogP contribution in [0.2, 0.25) is 0 Å². The van der Waals surface area contributed by atoms with Crippen LogP contribution in [0.15, 0.2) is 84.4 Å². The van der Waals surface area contributed by atoms with E-state index in [1.54, 1.807) is 12.2 Å². The van der Waals surface area contributed by atoms with E-state index in [1.165, 1.54) is 5.57 Å². The highest BCUT2D eigenvalue weighted by Crippen LogP contribution is 2.30. The number of allylic oxidation sites excluding steroid dienone is 3. The molecule has 2 atom stereocenters. The average molecular weight is 428 g/mol. The third kappa shape index (κ3) is 6.60. The maximum atomic E-state index is 13.4. The van der Waals surface area contributed by atoms with Gasteiger partial charge in [-0.15, -0.1) is 0 Å². The Morgan fingerprint density at radius 2 is 1.74 bits per heavy atom. The molecular weight excluding hydrogens is 399 g/mol. The van der Waals surface area contributed by atoms with Gasteiger partial charge in [-0.2, -0.15) is 0 Å². The lowest BCUT2D eigenvalue weighted by molar-refractivity contribution is 0.435. The van der Waals surface area contributed by atoms with Crippen molar-refractivity contribution in [3.63, 3.8) is 0 Å².